The maximum atomic E-state index is 12.3. The number of carbonyl (C=O) groups excluding carboxylic acids is 1. The van der Waals surface area contributed by atoms with Gasteiger partial charge in [-0.3, -0.25) is 4.79 Å². The number of benzene rings is 2. The number of ether oxygens (including phenoxy) is 3. The molecule has 0 radical (unpaired) electrons. The van der Waals surface area contributed by atoms with Crippen molar-refractivity contribution in [3.63, 3.8) is 0 Å². The summed E-state index contributed by atoms with van der Waals surface area (Å²) >= 11 is 0. The first-order valence-corrected chi connectivity index (χ1v) is 10.8. The molecule has 0 bridgehead atoms. The van der Waals surface area contributed by atoms with Crippen LogP contribution in [0.25, 0.3) is 0 Å². The minimum Gasteiger partial charge on any atom is -0.494 e. The van der Waals surface area contributed by atoms with Crippen molar-refractivity contribution < 1.29 is 19.0 Å². The highest BCUT2D eigenvalue weighted by Crippen LogP contribution is 2.19. The summed E-state index contributed by atoms with van der Waals surface area (Å²) in [5.74, 6) is 1.38. The predicted octanol–water partition coefficient (Wildman–Crippen LogP) is 5.11. The number of nitrogens with one attached hydrogen (secondary N) is 2. The van der Waals surface area contributed by atoms with Crippen LogP contribution in [0.1, 0.15) is 39.5 Å². The van der Waals surface area contributed by atoms with Crippen LogP contribution >= 0.6 is 0 Å². The van der Waals surface area contributed by atoms with E-state index < -0.39 is 0 Å². The summed E-state index contributed by atoms with van der Waals surface area (Å²) in [6, 6.07) is 15.0. The zero-order valence-electron chi connectivity index (χ0n) is 18.1. The molecule has 0 aliphatic carbocycles. The molecule has 0 aliphatic rings. The van der Waals surface area contributed by atoms with Crippen LogP contribution in [0.15, 0.2) is 48.5 Å². The third kappa shape index (κ3) is 9.65. The number of amides is 1. The zero-order chi connectivity index (χ0) is 21.4. The van der Waals surface area contributed by atoms with Gasteiger partial charge in [0.15, 0.2) is 0 Å². The lowest BCUT2D eigenvalue weighted by Gasteiger charge is -2.11. The van der Waals surface area contributed by atoms with Crippen LogP contribution in [0.4, 0.5) is 11.4 Å². The molecule has 0 spiro atoms. The van der Waals surface area contributed by atoms with Gasteiger partial charge in [-0.1, -0.05) is 38.3 Å². The molecule has 0 saturated carbocycles. The highest BCUT2D eigenvalue weighted by Gasteiger charge is 2.05. The van der Waals surface area contributed by atoms with Gasteiger partial charge in [-0.25, -0.2) is 0 Å². The Hall–Kier alpha value is -2.73. The van der Waals surface area contributed by atoms with Crippen LogP contribution in [0.5, 0.6) is 11.5 Å². The van der Waals surface area contributed by atoms with Crippen molar-refractivity contribution in [2.45, 2.75) is 39.5 Å². The van der Waals surface area contributed by atoms with Crippen molar-refractivity contribution >= 4 is 17.3 Å². The summed E-state index contributed by atoms with van der Waals surface area (Å²) in [7, 11) is 0. The summed E-state index contributed by atoms with van der Waals surface area (Å²) in [4.78, 5) is 12.3. The van der Waals surface area contributed by atoms with E-state index in [1.165, 1.54) is 19.3 Å². The molecule has 0 unspecified atom stereocenters. The fourth-order valence-corrected chi connectivity index (χ4v) is 2.83. The van der Waals surface area contributed by atoms with E-state index in [0.717, 1.165) is 17.9 Å². The molecule has 6 nitrogen and oxygen atoms in total. The third-order valence-electron chi connectivity index (χ3n) is 4.37. The van der Waals surface area contributed by atoms with Crippen LogP contribution < -0.4 is 20.1 Å². The van der Waals surface area contributed by atoms with Gasteiger partial charge in [0, 0.05) is 30.1 Å². The average Bonchev–Trinajstić information content (AvgIpc) is 2.76. The second-order valence-electron chi connectivity index (χ2n) is 6.91. The number of hydrogen-bond acceptors (Lipinski definition) is 5. The van der Waals surface area contributed by atoms with Crippen molar-refractivity contribution in [1.82, 2.24) is 0 Å². The second-order valence-corrected chi connectivity index (χ2v) is 6.91. The lowest BCUT2D eigenvalue weighted by atomic mass is 10.2. The van der Waals surface area contributed by atoms with Crippen molar-refractivity contribution in [3.05, 3.63) is 48.5 Å². The Bertz CT molecular complexity index is 751. The monoisotopic (exact) mass is 414 g/mol. The molecule has 0 saturated heterocycles. The van der Waals surface area contributed by atoms with Crippen molar-refractivity contribution in [3.8, 4) is 11.5 Å². The molecule has 0 aromatic heterocycles. The topological polar surface area (TPSA) is 68.8 Å². The van der Waals surface area contributed by atoms with E-state index in [1.807, 2.05) is 49.4 Å². The SMILES string of the molecule is CCCCCCOc1cccc(NCC(=O)Nc2cccc(OCCOCC)c2)c1. The Morgan fingerprint density at radius 1 is 0.833 bits per heavy atom. The van der Waals surface area contributed by atoms with E-state index in [9.17, 15) is 4.79 Å². The Labute approximate surface area is 179 Å². The molecule has 2 rings (SSSR count). The highest BCUT2D eigenvalue weighted by atomic mass is 16.5. The molecule has 30 heavy (non-hydrogen) atoms. The first-order chi connectivity index (χ1) is 14.7. The van der Waals surface area contributed by atoms with E-state index in [0.29, 0.717) is 37.9 Å². The fraction of sp³-hybridized carbons (Fsp3) is 0.458. The zero-order valence-corrected chi connectivity index (χ0v) is 18.1. The predicted molar refractivity (Wildman–Crippen MR) is 122 cm³/mol. The quantitative estimate of drug-likeness (QED) is 0.396. The van der Waals surface area contributed by atoms with Crippen molar-refractivity contribution in [2.24, 2.45) is 0 Å². The number of anilines is 2. The van der Waals surface area contributed by atoms with Crippen LogP contribution in [-0.2, 0) is 9.53 Å². The molecule has 0 heterocycles. The third-order valence-corrected chi connectivity index (χ3v) is 4.37. The Morgan fingerprint density at radius 2 is 1.53 bits per heavy atom. The van der Waals surface area contributed by atoms with E-state index in [-0.39, 0.29) is 12.5 Å². The van der Waals surface area contributed by atoms with Gasteiger partial charge in [0.1, 0.15) is 18.1 Å². The van der Waals surface area contributed by atoms with Gasteiger partial charge in [-0.2, -0.15) is 0 Å². The molecule has 1 amide bonds. The van der Waals surface area contributed by atoms with E-state index in [1.54, 1.807) is 6.07 Å². The van der Waals surface area contributed by atoms with E-state index in [2.05, 4.69) is 17.6 Å². The molecule has 2 N–H and O–H groups in total. The molecular weight excluding hydrogens is 380 g/mol. The van der Waals surface area contributed by atoms with Gasteiger partial charge in [0.2, 0.25) is 5.91 Å². The van der Waals surface area contributed by atoms with Gasteiger partial charge in [-0.05, 0) is 37.6 Å². The maximum absolute atomic E-state index is 12.3. The van der Waals surface area contributed by atoms with E-state index >= 15 is 0 Å². The Balaban J connectivity index is 1.74. The lowest BCUT2D eigenvalue weighted by molar-refractivity contribution is -0.114. The Morgan fingerprint density at radius 3 is 2.27 bits per heavy atom. The largest absolute Gasteiger partial charge is 0.494 e. The summed E-state index contributed by atoms with van der Waals surface area (Å²) in [6.07, 6.45) is 4.70. The van der Waals surface area contributed by atoms with Crippen molar-refractivity contribution in [2.75, 3.05) is 43.6 Å². The van der Waals surface area contributed by atoms with Gasteiger partial charge in [0.05, 0.1) is 19.8 Å². The summed E-state index contributed by atoms with van der Waals surface area (Å²) < 4.78 is 16.7. The minimum absolute atomic E-state index is 0.132. The first-order valence-electron chi connectivity index (χ1n) is 10.8. The smallest absolute Gasteiger partial charge is 0.243 e. The van der Waals surface area contributed by atoms with Gasteiger partial charge in [0.25, 0.3) is 0 Å². The standard InChI is InChI=1S/C24H34N2O4/c1-3-5-6-7-14-29-22-12-8-10-20(17-22)25-19-24(27)26-21-11-9-13-23(18-21)30-16-15-28-4-2/h8-13,17-18,25H,3-7,14-16,19H2,1-2H3,(H,26,27). The second kappa shape index (κ2) is 14.3. The minimum atomic E-state index is -0.132. The fourth-order valence-electron chi connectivity index (χ4n) is 2.83. The number of rotatable bonds is 15. The molecule has 0 atom stereocenters. The first kappa shape index (κ1) is 23.5. The molecule has 2 aromatic rings. The molecule has 0 fully saturated rings. The molecule has 2 aromatic carbocycles. The van der Waals surface area contributed by atoms with Crippen LogP contribution in [-0.4, -0.2) is 38.9 Å². The highest BCUT2D eigenvalue weighted by molar-refractivity contribution is 5.93. The van der Waals surface area contributed by atoms with Gasteiger partial charge < -0.3 is 24.8 Å². The van der Waals surface area contributed by atoms with Crippen LogP contribution in [0.2, 0.25) is 0 Å². The maximum Gasteiger partial charge on any atom is 0.243 e. The number of hydrogen-bond donors (Lipinski definition) is 2. The van der Waals surface area contributed by atoms with Crippen LogP contribution in [0, 0.1) is 0 Å². The average molecular weight is 415 g/mol. The lowest BCUT2D eigenvalue weighted by Crippen LogP contribution is -2.21. The van der Waals surface area contributed by atoms with Gasteiger partial charge >= 0.3 is 0 Å². The molecule has 6 heteroatoms. The Kier molecular flexibility index (Phi) is 11.2. The summed E-state index contributed by atoms with van der Waals surface area (Å²) in [5.41, 5.74) is 1.55. The molecule has 0 aliphatic heterocycles. The van der Waals surface area contributed by atoms with Crippen molar-refractivity contribution in [1.29, 1.82) is 0 Å². The van der Waals surface area contributed by atoms with Gasteiger partial charge in [-0.15, -0.1) is 0 Å². The number of unbranched alkanes of at least 4 members (excludes halogenated alkanes) is 3. The summed E-state index contributed by atoms with van der Waals surface area (Å²) in [5, 5.41) is 6.02. The molecular formula is C24H34N2O4. The molecule has 164 valence electrons. The van der Waals surface area contributed by atoms with Crippen LogP contribution in [0.3, 0.4) is 0 Å². The normalized spacial score (nSPS) is 10.5. The van der Waals surface area contributed by atoms with E-state index in [4.69, 9.17) is 14.2 Å². The summed E-state index contributed by atoms with van der Waals surface area (Å²) in [6.45, 7) is 6.70. The number of carbonyl (C=O) groups is 1.